The smallest absolute Gasteiger partial charge is 0.231 e. The minimum atomic E-state index is -1.14. The number of fused-ring (bicyclic) bond motifs is 1. The number of halogens is 1. The van der Waals surface area contributed by atoms with Gasteiger partial charge in [-0.3, -0.25) is 4.57 Å². The van der Waals surface area contributed by atoms with E-state index in [9.17, 15) is 10.2 Å². The molecule has 2 aromatic rings. The van der Waals surface area contributed by atoms with E-state index in [1.165, 1.54) is 0 Å². The van der Waals surface area contributed by atoms with Crippen LogP contribution in [0.3, 0.4) is 0 Å². The van der Waals surface area contributed by atoms with Crippen molar-refractivity contribution in [2.24, 2.45) is 7.05 Å². The maximum absolute atomic E-state index is 10.0. The molecule has 0 aromatic carbocycles. The maximum Gasteiger partial charge on any atom is 0.231 e. The van der Waals surface area contributed by atoms with Crippen molar-refractivity contribution < 1.29 is 48.6 Å². The fourth-order valence-corrected chi connectivity index (χ4v) is 2.48. The number of aromatic nitrogens is 3. The molecule has 0 spiro atoms. The second-order valence-corrected chi connectivity index (χ2v) is 4.93. The van der Waals surface area contributed by atoms with E-state index < -0.39 is 24.5 Å². The SMILES string of the molecule is C[n+]1cnc2c(ccn2C2OC(CO)C(O)C2O)c1N.[I-]. The normalized spacial score (nSPS) is 28.8. The van der Waals surface area contributed by atoms with Gasteiger partial charge in [-0.1, -0.05) is 4.98 Å². The first-order valence-electron chi connectivity index (χ1n) is 6.27. The van der Waals surface area contributed by atoms with Crippen LogP contribution in [0.15, 0.2) is 18.6 Å². The molecule has 0 radical (unpaired) electrons. The molecule has 1 saturated heterocycles. The van der Waals surface area contributed by atoms with E-state index in [4.69, 9.17) is 15.6 Å². The van der Waals surface area contributed by atoms with Gasteiger partial charge in [-0.2, -0.15) is 0 Å². The van der Waals surface area contributed by atoms with Crippen LogP contribution in [0.1, 0.15) is 6.23 Å². The van der Waals surface area contributed by atoms with Crippen LogP contribution in [0, 0.1) is 0 Å². The Kier molecular flexibility index (Phi) is 4.68. The van der Waals surface area contributed by atoms with Gasteiger partial charge < -0.3 is 49.8 Å². The quantitative estimate of drug-likeness (QED) is 0.292. The van der Waals surface area contributed by atoms with Crippen molar-refractivity contribution >= 4 is 16.9 Å². The Morgan fingerprint density at radius 2 is 2.14 bits per heavy atom. The third-order valence-electron chi connectivity index (χ3n) is 3.69. The molecule has 0 aliphatic carbocycles. The van der Waals surface area contributed by atoms with Crippen LogP contribution in [0.5, 0.6) is 0 Å². The summed E-state index contributed by atoms with van der Waals surface area (Å²) >= 11 is 0. The standard InChI is InChI=1S/C12H16N4O4.HI/c1-15-5-14-11-6(10(15)13)2-3-16(11)12-9(19)8(18)7(4-17)20-12;/h2-3,5,7-9,12-13,17-19H,4H2,1H3;1H. The molecule has 5 N–H and O–H groups in total. The number of aliphatic hydroxyl groups excluding tert-OH is 3. The summed E-state index contributed by atoms with van der Waals surface area (Å²) in [5, 5.41) is 29.7. The zero-order valence-electron chi connectivity index (χ0n) is 11.3. The van der Waals surface area contributed by atoms with Crippen LogP contribution < -0.4 is 34.3 Å². The summed E-state index contributed by atoms with van der Waals surface area (Å²) in [6.07, 6.45) is -0.646. The van der Waals surface area contributed by atoms with Gasteiger partial charge in [0.1, 0.15) is 23.7 Å². The zero-order valence-corrected chi connectivity index (χ0v) is 13.5. The zero-order chi connectivity index (χ0) is 14.4. The number of aryl methyl sites for hydroxylation is 1. The third kappa shape index (κ3) is 2.48. The first-order valence-corrected chi connectivity index (χ1v) is 6.27. The van der Waals surface area contributed by atoms with Crippen LogP contribution in [0.25, 0.3) is 11.0 Å². The Labute approximate surface area is 137 Å². The highest BCUT2D eigenvalue weighted by Gasteiger charge is 2.44. The minimum absolute atomic E-state index is 0. The van der Waals surface area contributed by atoms with Crippen molar-refractivity contribution in [3.63, 3.8) is 0 Å². The highest BCUT2D eigenvalue weighted by atomic mass is 127. The Hall–Kier alpha value is -1.01. The average molecular weight is 408 g/mol. The fraction of sp³-hybridized carbons (Fsp3) is 0.500. The van der Waals surface area contributed by atoms with Crippen molar-refractivity contribution in [3.05, 3.63) is 18.6 Å². The van der Waals surface area contributed by atoms with Crippen molar-refractivity contribution in [1.29, 1.82) is 0 Å². The number of aliphatic hydroxyl groups is 3. The summed E-state index contributed by atoms with van der Waals surface area (Å²) < 4.78 is 8.77. The molecule has 21 heavy (non-hydrogen) atoms. The molecule has 116 valence electrons. The molecule has 4 unspecified atom stereocenters. The van der Waals surface area contributed by atoms with Crippen LogP contribution >= 0.6 is 0 Å². The lowest BCUT2D eigenvalue weighted by Crippen LogP contribution is -3.00. The molecule has 2 aromatic heterocycles. The Morgan fingerprint density at radius 1 is 1.43 bits per heavy atom. The van der Waals surface area contributed by atoms with Crippen molar-refractivity contribution in [2.75, 3.05) is 12.3 Å². The molecule has 0 bridgehead atoms. The Bertz CT molecular complexity index is 649. The van der Waals surface area contributed by atoms with E-state index >= 15 is 0 Å². The van der Waals surface area contributed by atoms with Crippen molar-refractivity contribution in [2.45, 2.75) is 24.5 Å². The number of rotatable bonds is 2. The second kappa shape index (κ2) is 6.01. The van der Waals surface area contributed by atoms with Crippen LogP contribution in [-0.4, -0.2) is 49.8 Å². The van der Waals surface area contributed by atoms with E-state index in [-0.39, 0.29) is 30.6 Å². The summed E-state index contributed by atoms with van der Waals surface area (Å²) in [7, 11) is 1.78. The van der Waals surface area contributed by atoms with E-state index in [2.05, 4.69) is 4.98 Å². The number of hydrogen-bond donors (Lipinski definition) is 4. The predicted octanol–water partition coefficient (Wildman–Crippen LogP) is -4.94. The van der Waals surface area contributed by atoms with Crippen LogP contribution in [0.4, 0.5) is 5.82 Å². The number of ether oxygens (including phenoxy) is 1. The first kappa shape index (κ1) is 16.4. The van der Waals surface area contributed by atoms with Gasteiger partial charge in [0.25, 0.3) is 0 Å². The summed E-state index contributed by atoms with van der Waals surface area (Å²) in [6, 6.07) is 1.77. The van der Waals surface area contributed by atoms with Crippen LogP contribution in [-0.2, 0) is 11.8 Å². The molecule has 1 aliphatic heterocycles. The molecule has 1 fully saturated rings. The predicted molar refractivity (Wildman–Crippen MR) is 68.3 cm³/mol. The number of hydrogen-bond acceptors (Lipinski definition) is 6. The second-order valence-electron chi connectivity index (χ2n) is 4.93. The van der Waals surface area contributed by atoms with Gasteiger partial charge in [0.2, 0.25) is 17.8 Å². The maximum atomic E-state index is 10.0. The first-order chi connectivity index (χ1) is 9.54. The van der Waals surface area contributed by atoms with Crippen LogP contribution in [0.2, 0.25) is 0 Å². The summed E-state index contributed by atoms with van der Waals surface area (Å²) in [4.78, 5) is 4.27. The molecular formula is C12H17IN4O4. The highest BCUT2D eigenvalue weighted by Crippen LogP contribution is 2.32. The summed E-state index contributed by atoms with van der Waals surface area (Å²) in [5.41, 5.74) is 6.51. The number of nitrogen functional groups attached to an aromatic ring is 1. The van der Waals surface area contributed by atoms with Gasteiger partial charge in [-0.05, 0) is 6.07 Å². The van der Waals surface area contributed by atoms with E-state index in [1.807, 2.05) is 0 Å². The largest absolute Gasteiger partial charge is 1.00 e. The summed E-state index contributed by atoms with van der Waals surface area (Å²) in [6.45, 7) is -0.363. The lowest BCUT2D eigenvalue weighted by atomic mass is 10.1. The molecule has 8 nitrogen and oxygen atoms in total. The monoisotopic (exact) mass is 408 g/mol. The van der Waals surface area contributed by atoms with Gasteiger partial charge in [0, 0.05) is 6.20 Å². The molecule has 3 rings (SSSR count). The van der Waals surface area contributed by atoms with E-state index in [0.29, 0.717) is 11.5 Å². The molecule has 4 atom stereocenters. The fourth-order valence-electron chi connectivity index (χ4n) is 2.48. The van der Waals surface area contributed by atoms with Gasteiger partial charge in [-0.15, -0.1) is 0 Å². The number of nitrogens with zero attached hydrogens (tertiary/aromatic N) is 3. The molecule has 3 heterocycles. The lowest BCUT2D eigenvalue weighted by molar-refractivity contribution is -0.658. The summed E-state index contributed by atoms with van der Waals surface area (Å²) in [5.74, 6) is 0.542. The topological polar surface area (TPSA) is 118 Å². The van der Waals surface area contributed by atoms with Gasteiger partial charge in [0.05, 0.1) is 13.7 Å². The highest BCUT2D eigenvalue weighted by molar-refractivity contribution is 5.84. The number of nitrogens with two attached hydrogens (primary N) is 1. The Morgan fingerprint density at radius 3 is 2.76 bits per heavy atom. The van der Waals surface area contributed by atoms with Crippen molar-refractivity contribution in [3.8, 4) is 0 Å². The van der Waals surface area contributed by atoms with Gasteiger partial charge in [-0.25, -0.2) is 4.57 Å². The van der Waals surface area contributed by atoms with Gasteiger partial charge >= 0.3 is 0 Å². The molecular weight excluding hydrogens is 391 g/mol. The molecule has 1 aliphatic rings. The van der Waals surface area contributed by atoms with Crippen molar-refractivity contribution in [1.82, 2.24) is 9.55 Å². The number of anilines is 1. The lowest BCUT2D eigenvalue weighted by Gasteiger charge is -2.16. The molecule has 9 heteroatoms. The third-order valence-corrected chi connectivity index (χ3v) is 3.69. The minimum Gasteiger partial charge on any atom is -1.00 e. The molecule has 0 amide bonds. The van der Waals surface area contributed by atoms with E-state index in [1.54, 1.807) is 34.8 Å². The van der Waals surface area contributed by atoms with E-state index in [0.717, 1.165) is 5.39 Å². The average Bonchev–Trinajstić information content (AvgIpc) is 2.98. The Balaban J connectivity index is 0.00000161. The van der Waals surface area contributed by atoms with Gasteiger partial charge in [0.15, 0.2) is 6.23 Å². The molecule has 0 saturated carbocycles.